The van der Waals surface area contributed by atoms with Crippen LogP contribution in [-0.4, -0.2) is 74.0 Å². The smallest absolute Gasteiger partial charge is 0.234 e. The van der Waals surface area contributed by atoms with Gasteiger partial charge in [0.15, 0.2) is 5.96 Å². The Balaban J connectivity index is 1.35. The number of halogens is 2. The highest BCUT2D eigenvalue weighted by molar-refractivity contribution is 6.35. The van der Waals surface area contributed by atoms with E-state index in [1.807, 2.05) is 19.2 Å². The van der Waals surface area contributed by atoms with E-state index in [0.29, 0.717) is 17.6 Å². The summed E-state index contributed by atoms with van der Waals surface area (Å²) in [6.45, 7) is 4.82. The van der Waals surface area contributed by atoms with Gasteiger partial charge in [-0.05, 0) is 43.4 Å². The fourth-order valence-electron chi connectivity index (χ4n) is 3.36. The van der Waals surface area contributed by atoms with Crippen LogP contribution in [0.2, 0.25) is 10.0 Å². The molecule has 0 radical (unpaired) electrons. The highest BCUT2D eigenvalue weighted by atomic mass is 35.5. The summed E-state index contributed by atoms with van der Waals surface area (Å²) in [6, 6.07) is 6.08. The summed E-state index contributed by atoms with van der Waals surface area (Å²) < 4.78 is 0. The van der Waals surface area contributed by atoms with Gasteiger partial charge in [-0.3, -0.25) is 14.7 Å². The number of nitrogens with one attached hydrogen (secondary N) is 2. The molecule has 3 rings (SSSR count). The zero-order valence-corrected chi connectivity index (χ0v) is 17.9. The first kappa shape index (κ1) is 21.2. The number of hydrogen-bond acceptors (Lipinski definition) is 3. The number of benzene rings is 1. The second-order valence-electron chi connectivity index (χ2n) is 7.42. The molecule has 154 valence electrons. The minimum absolute atomic E-state index is 0.152. The van der Waals surface area contributed by atoms with E-state index in [1.54, 1.807) is 6.07 Å². The Morgan fingerprint density at radius 1 is 1.21 bits per heavy atom. The van der Waals surface area contributed by atoms with Crippen molar-refractivity contribution in [1.82, 2.24) is 20.4 Å². The number of carbonyl (C=O) groups is 1. The van der Waals surface area contributed by atoms with Gasteiger partial charge in [0.05, 0.1) is 6.54 Å². The third-order valence-corrected chi connectivity index (χ3v) is 5.70. The van der Waals surface area contributed by atoms with Crippen molar-refractivity contribution >= 4 is 35.1 Å². The van der Waals surface area contributed by atoms with Crippen LogP contribution in [0.5, 0.6) is 0 Å². The SMILES string of the molecule is CN=C(NCCCc1ccc(Cl)cc1Cl)N1CCN(CC(=O)NC2CC2)CC1. The second-order valence-corrected chi connectivity index (χ2v) is 8.26. The normalized spacial score (nSPS) is 18.2. The molecule has 28 heavy (non-hydrogen) atoms. The summed E-state index contributed by atoms with van der Waals surface area (Å²) >= 11 is 12.2. The van der Waals surface area contributed by atoms with Gasteiger partial charge in [-0.1, -0.05) is 29.3 Å². The number of aliphatic imine (C=N–C) groups is 1. The number of aryl methyl sites for hydroxylation is 1. The van der Waals surface area contributed by atoms with Gasteiger partial charge in [-0.25, -0.2) is 0 Å². The van der Waals surface area contributed by atoms with Crippen molar-refractivity contribution < 1.29 is 4.79 Å². The fourth-order valence-corrected chi connectivity index (χ4v) is 3.86. The van der Waals surface area contributed by atoms with Crippen molar-refractivity contribution in [3.8, 4) is 0 Å². The average molecular weight is 426 g/mol. The zero-order valence-electron chi connectivity index (χ0n) is 16.4. The maximum Gasteiger partial charge on any atom is 0.234 e. The summed E-state index contributed by atoms with van der Waals surface area (Å²) in [6.07, 6.45) is 4.11. The number of carbonyl (C=O) groups excluding carboxylic acids is 1. The van der Waals surface area contributed by atoms with Crippen molar-refractivity contribution in [2.24, 2.45) is 4.99 Å². The first-order valence-electron chi connectivity index (χ1n) is 9.96. The molecule has 6 nitrogen and oxygen atoms in total. The number of rotatable bonds is 7. The molecule has 0 bridgehead atoms. The lowest BCUT2D eigenvalue weighted by atomic mass is 10.1. The van der Waals surface area contributed by atoms with Gasteiger partial charge in [0.1, 0.15) is 0 Å². The average Bonchev–Trinajstić information content (AvgIpc) is 3.48. The molecule has 0 aromatic heterocycles. The highest BCUT2D eigenvalue weighted by Crippen LogP contribution is 2.22. The first-order chi connectivity index (χ1) is 13.5. The van der Waals surface area contributed by atoms with Crippen LogP contribution in [0, 0.1) is 0 Å². The Kier molecular flexibility index (Phi) is 7.82. The van der Waals surface area contributed by atoms with Gasteiger partial charge in [0.2, 0.25) is 5.91 Å². The van der Waals surface area contributed by atoms with E-state index >= 15 is 0 Å². The van der Waals surface area contributed by atoms with Crippen LogP contribution < -0.4 is 10.6 Å². The predicted octanol–water partition coefficient (Wildman–Crippen LogP) is 2.40. The van der Waals surface area contributed by atoms with Crippen LogP contribution in [0.3, 0.4) is 0 Å². The molecule has 2 N–H and O–H groups in total. The molecule has 1 aromatic rings. The van der Waals surface area contributed by atoms with E-state index in [1.165, 1.54) is 0 Å². The van der Waals surface area contributed by atoms with Gasteiger partial charge >= 0.3 is 0 Å². The first-order valence-corrected chi connectivity index (χ1v) is 10.7. The molecule has 0 spiro atoms. The van der Waals surface area contributed by atoms with Crippen LogP contribution in [0.15, 0.2) is 23.2 Å². The summed E-state index contributed by atoms with van der Waals surface area (Å²) in [5.41, 5.74) is 1.11. The van der Waals surface area contributed by atoms with Crippen molar-refractivity contribution in [3.63, 3.8) is 0 Å². The molecule has 8 heteroatoms. The molecule has 1 aromatic carbocycles. The van der Waals surface area contributed by atoms with Crippen molar-refractivity contribution in [1.29, 1.82) is 0 Å². The molecule has 1 saturated heterocycles. The third-order valence-electron chi connectivity index (χ3n) is 5.11. The minimum atomic E-state index is 0.152. The number of piperazine rings is 1. The van der Waals surface area contributed by atoms with Crippen LogP contribution in [0.4, 0.5) is 0 Å². The van der Waals surface area contributed by atoms with Crippen LogP contribution >= 0.6 is 23.2 Å². The van der Waals surface area contributed by atoms with E-state index < -0.39 is 0 Å². The molecule has 1 heterocycles. The number of nitrogens with zero attached hydrogens (tertiary/aromatic N) is 3. The molecule has 0 atom stereocenters. The maximum absolute atomic E-state index is 11.9. The van der Waals surface area contributed by atoms with E-state index in [9.17, 15) is 4.79 Å². The predicted molar refractivity (Wildman–Crippen MR) is 115 cm³/mol. The lowest BCUT2D eigenvalue weighted by Crippen LogP contribution is -2.54. The largest absolute Gasteiger partial charge is 0.356 e. The quantitative estimate of drug-likeness (QED) is 0.400. The van der Waals surface area contributed by atoms with E-state index in [-0.39, 0.29) is 5.91 Å². The second kappa shape index (κ2) is 10.3. The zero-order chi connectivity index (χ0) is 19.9. The lowest BCUT2D eigenvalue weighted by molar-refractivity contribution is -0.122. The molecule has 0 unspecified atom stereocenters. The highest BCUT2D eigenvalue weighted by Gasteiger charge is 2.25. The van der Waals surface area contributed by atoms with Gasteiger partial charge < -0.3 is 15.5 Å². The molecule has 1 aliphatic heterocycles. The molecule has 1 aliphatic carbocycles. The number of amides is 1. The Morgan fingerprint density at radius 3 is 2.61 bits per heavy atom. The summed E-state index contributed by atoms with van der Waals surface area (Å²) in [7, 11) is 1.81. The van der Waals surface area contributed by atoms with E-state index in [4.69, 9.17) is 23.2 Å². The van der Waals surface area contributed by atoms with Gasteiger partial charge in [-0.2, -0.15) is 0 Å². The maximum atomic E-state index is 11.9. The van der Waals surface area contributed by atoms with Crippen molar-refractivity contribution in [2.75, 3.05) is 46.3 Å². The fraction of sp³-hybridized carbons (Fsp3) is 0.600. The number of hydrogen-bond donors (Lipinski definition) is 2. The van der Waals surface area contributed by atoms with E-state index in [0.717, 1.165) is 75.0 Å². The molecule has 2 fully saturated rings. The Labute approximate surface area is 177 Å². The number of guanidine groups is 1. The van der Waals surface area contributed by atoms with Gasteiger partial charge in [0, 0.05) is 55.9 Å². The Hall–Kier alpha value is -1.50. The van der Waals surface area contributed by atoms with Crippen LogP contribution in [0.25, 0.3) is 0 Å². The van der Waals surface area contributed by atoms with Crippen molar-refractivity contribution in [2.45, 2.75) is 31.7 Å². The molecule has 1 saturated carbocycles. The molecule has 2 aliphatic rings. The van der Waals surface area contributed by atoms with Crippen LogP contribution in [0.1, 0.15) is 24.8 Å². The molecular weight excluding hydrogens is 397 g/mol. The minimum Gasteiger partial charge on any atom is -0.356 e. The summed E-state index contributed by atoms with van der Waals surface area (Å²) in [4.78, 5) is 20.8. The Bertz CT molecular complexity index is 700. The van der Waals surface area contributed by atoms with Crippen LogP contribution in [-0.2, 0) is 11.2 Å². The van der Waals surface area contributed by atoms with Gasteiger partial charge in [0.25, 0.3) is 0 Å². The summed E-state index contributed by atoms with van der Waals surface area (Å²) in [5.74, 6) is 1.07. The van der Waals surface area contributed by atoms with Gasteiger partial charge in [-0.15, -0.1) is 0 Å². The topological polar surface area (TPSA) is 60.0 Å². The third kappa shape index (κ3) is 6.54. The standard InChI is InChI=1S/C20H29Cl2N5O/c1-23-20(24-8-2-3-15-4-5-16(21)13-18(15)22)27-11-9-26(10-12-27)14-19(28)25-17-6-7-17/h4-5,13,17H,2-3,6-12,14H2,1H3,(H,23,24)(H,25,28). The lowest BCUT2D eigenvalue weighted by Gasteiger charge is -2.36. The monoisotopic (exact) mass is 425 g/mol. The summed E-state index contributed by atoms with van der Waals surface area (Å²) in [5, 5.41) is 7.88. The van der Waals surface area contributed by atoms with Crippen molar-refractivity contribution in [3.05, 3.63) is 33.8 Å². The molecule has 1 amide bonds. The molecular formula is C20H29Cl2N5O. The Morgan fingerprint density at radius 2 is 1.96 bits per heavy atom. The van der Waals surface area contributed by atoms with E-state index in [2.05, 4.69) is 25.4 Å².